The number of fused-ring (bicyclic) bond motifs is 1. The van der Waals surface area contributed by atoms with E-state index in [2.05, 4.69) is 5.32 Å². The number of likely N-dealkylation sites (tertiary alicyclic amines) is 1. The highest BCUT2D eigenvalue weighted by Crippen LogP contribution is 2.26. The second kappa shape index (κ2) is 3.62. The van der Waals surface area contributed by atoms with Crippen molar-refractivity contribution < 1.29 is 9.18 Å². The highest BCUT2D eigenvalue weighted by atomic mass is 19.1. The second-order valence-electron chi connectivity index (χ2n) is 3.92. The average Bonchev–Trinajstić information content (AvgIpc) is 2.61. The topological polar surface area (TPSA) is 32.3 Å². The molecule has 1 amide bonds. The first kappa shape index (κ1) is 8.94. The first-order valence-corrected chi connectivity index (χ1v) is 4.85. The van der Waals surface area contributed by atoms with Gasteiger partial charge in [-0.25, -0.2) is 0 Å². The summed E-state index contributed by atoms with van der Waals surface area (Å²) in [5.41, 5.74) is 0. The van der Waals surface area contributed by atoms with Crippen LogP contribution >= 0.6 is 0 Å². The summed E-state index contributed by atoms with van der Waals surface area (Å²) < 4.78 is 11.9. The van der Waals surface area contributed by atoms with E-state index in [4.69, 9.17) is 0 Å². The number of nitrogens with zero attached hydrogens (tertiary/aromatic N) is 1. The molecule has 1 N–H and O–H groups in total. The Labute approximate surface area is 77.3 Å². The van der Waals surface area contributed by atoms with Gasteiger partial charge in [0.15, 0.2) is 0 Å². The van der Waals surface area contributed by atoms with E-state index in [1.165, 1.54) is 0 Å². The van der Waals surface area contributed by atoms with Gasteiger partial charge in [-0.3, -0.25) is 9.18 Å². The zero-order valence-electron chi connectivity index (χ0n) is 7.63. The molecule has 0 radical (unpaired) electrons. The first-order chi connectivity index (χ1) is 6.31. The molecule has 2 saturated heterocycles. The molecular weight excluding hydrogens is 171 g/mol. The van der Waals surface area contributed by atoms with Crippen LogP contribution in [0.5, 0.6) is 0 Å². The van der Waals surface area contributed by atoms with Crippen molar-refractivity contribution in [2.45, 2.75) is 6.42 Å². The third-order valence-corrected chi connectivity index (χ3v) is 3.05. The number of hydrogen-bond donors (Lipinski definition) is 1. The molecule has 2 fully saturated rings. The number of carbonyl (C=O) groups is 1. The molecule has 2 unspecified atom stereocenters. The summed E-state index contributed by atoms with van der Waals surface area (Å²) in [7, 11) is 0. The maximum Gasteiger partial charge on any atom is 0.225 e. The number of amides is 1. The minimum Gasteiger partial charge on any atom is -0.342 e. The van der Waals surface area contributed by atoms with Gasteiger partial charge in [0.05, 0.1) is 13.1 Å². The summed E-state index contributed by atoms with van der Waals surface area (Å²) in [6, 6.07) is 0. The lowest BCUT2D eigenvalue weighted by molar-refractivity contribution is -0.130. The fourth-order valence-electron chi connectivity index (χ4n) is 2.30. The van der Waals surface area contributed by atoms with Crippen LogP contribution in [0.15, 0.2) is 0 Å². The van der Waals surface area contributed by atoms with E-state index in [0.717, 1.165) is 26.2 Å². The second-order valence-corrected chi connectivity index (χ2v) is 3.92. The van der Waals surface area contributed by atoms with Crippen LogP contribution < -0.4 is 5.32 Å². The van der Waals surface area contributed by atoms with Crippen LogP contribution in [-0.2, 0) is 4.79 Å². The lowest BCUT2D eigenvalue weighted by Gasteiger charge is -2.16. The lowest BCUT2D eigenvalue weighted by atomic mass is 10.0. The number of hydrogen-bond acceptors (Lipinski definition) is 2. The van der Waals surface area contributed by atoms with E-state index in [1.54, 1.807) is 0 Å². The normalized spacial score (nSPS) is 32.2. The standard InChI is InChI=1S/C9H15FN2O/c10-2-1-9(13)12-5-7-3-11-4-8(7)6-12/h7-8,11H,1-6H2. The largest absolute Gasteiger partial charge is 0.342 e. The number of rotatable bonds is 2. The Kier molecular flexibility index (Phi) is 2.49. The molecule has 2 heterocycles. The van der Waals surface area contributed by atoms with E-state index in [9.17, 15) is 9.18 Å². The fraction of sp³-hybridized carbons (Fsp3) is 0.889. The highest BCUT2D eigenvalue weighted by Gasteiger charge is 2.37. The van der Waals surface area contributed by atoms with Crippen molar-refractivity contribution in [1.82, 2.24) is 10.2 Å². The van der Waals surface area contributed by atoms with Gasteiger partial charge in [0, 0.05) is 26.2 Å². The molecule has 0 aliphatic carbocycles. The molecule has 2 aliphatic rings. The minimum atomic E-state index is -0.525. The summed E-state index contributed by atoms with van der Waals surface area (Å²) in [6.45, 7) is 3.17. The molecule has 3 nitrogen and oxygen atoms in total. The Hall–Kier alpha value is -0.640. The van der Waals surface area contributed by atoms with Crippen LogP contribution in [0.4, 0.5) is 4.39 Å². The molecule has 13 heavy (non-hydrogen) atoms. The fourth-order valence-corrected chi connectivity index (χ4v) is 2.30. The average molecular weight is 186 g/mol. The van der Waals surface area contributed by atoms with Crippen molar-refractivity contribution in [2.75, 3.05) is 32.9 Å². The van der Waals surface area contributed by atoms with Gasteiger partial charge in [0.1, 0.15) is 0 Å². The summed E-state index contributed by atoms with van der Waals surface area (Å²) in [4.78, 5) is 13.2. The summed E-state index contributed by atoms with van der Waals surface area (Å²) in [5, 5.41) is 3.30. The van der Waals surface area contributed by atoms with Crippen LogP contribution in [0, 0.1) is 11.8 Å². The Morgan fingerprint density at radius 2 is 2.00 bits per heavy atom. The SMILES string of the molecule is O=C(CCF)N1CC2CNCC2C1. The molecule has 2 rings (SSSR count). The van der Waals surface area contributed by atoms with Crippen molar-refractivity contribution in [2.24, 2.45) is 11.8 Å². The molecule has 4 heteroatoms. The van der Waals surface area contributed by atoms with Gasteiger partial charge < -0.3 is 10.2 Å². The first-order valence-electron chi connectivity index (χ1n) is 4.85. The molecule has 0 bridgehead atoms. The zero-order valence-corrected chi connectivity index (χ0v) is 7.63. The van der Waals surface area contributed by atoms with Gasteiger partial charge in [-0.05, 0) is 11.8 Å². The molecule has 0 aromatic heterocycles. The maximum atomic E-state index is 11.9. The van der Waals surface area contributed by atoms with E-state index in [1.807, 2.05) is 4.90 Å². The third-order valence-electron chi connectivity index (χ3n) is 3.05. The van der Waals surface area contributed by atoms with Gasteiger partial charge in [-0.15, -0.1) is 0 Å². The zero-order chi connectivity index (χ0) is 9.26. The van der Waals surface area contributed by atoms with Crippen molar-refractivity contribution in [3.05, 3.63) is 0 Å². The summed E-state index contributed by atoms with van der Waals surface area (Å²) >= 11 is 0. The monoisotopic (exact) mass is 186 g/mol. The predicted molar refractivity (Wildman–Crippen MR) is 47.0 cm³/mol. The van der Waals surface area contributed by atoms with Gasteiger partial charge >= 0.3 is 0 Å². The quantitative estimate of drug-likeness (QED) is 0.659. The van der Waals surface area contributed by atoms with Crippen LogP contribution in [-0.4, -0.2) is 43.7 Å². The van der Waals surface area contributed by atoms with Crippen molar-refractivity contribution >= 4 is 5.91 Å². The van der Waals surface area contributed by atoms with Crippen LogP contribution in [0.25, 0.3) is 0 Å². The molecule has 0 spiro atoms. The van der Waals surface area contributed by atoms with Crippen molar-refractivity contribution in [1.29, 1.82) is 0 Å². The van der Waals surface area contributed by atoms with Crippen LogP contribution in [0.1, 0.15) is 6.42 Å². The van der Waals surface area contributed by atoms with E-state index >= 15 is 0 Å². The molecule has 0 aromatic carbocycles. The molecule has 2 atom stereocenters. The number of alkyl halides is 1. The third kappa shape index (κ3) is 1.68. The summed E-state index contributed by atoms with van der Waals surface area (Å²) in [6.07, 6.45) is 0.0624. The molecule has 74 valence electrons. The van der Waals surface area contributed by atoms with Gasteiger partial charge in [-0.2, -0.15) is 0 Å². The van der Waals surface area contributed by atoms with Crippen LogP contribution in [0.3, 0.4) is 0 Å². The Morgan fingerprint density at radius 3 is 2.54 bits per heavy atom. The van der Waals surface area contributed by atoms with Crippen molar-refractivity contribution in [3.8, 4) is 0 Å². The predicted octanol–water partition coefficient (Wildman–Crippen LogP) is 0.0238. The number of halogens is 1. The molecular formula is C9H15FN2O. The Bertz CT molecular complexity index is 198. The van der Waals surface area contributed by atoms with Gasteiger partial charge in [-0.1, -0.05) is 0 Å². The van der Waals surface area contributed by atoms with E-state index in [-0.39, 0.29) is 12.3 Å². The van der Waals surface area contributed by atoms with Gasteiger partial charge in [0.25, 0.3) is 0 Å². The maximum absolute atomic E-state index is 11.9. The highest BCUT2D eigenvalue weighted by molar-refractivity contribution is 5.76. The lowest BCUT2D eigenvalue weighted by Crippen LogP contribution is -2.31. The Balaban J connectivity index is 1.87. The minimum absolute atomic E-state index is 0.0168. The molecule has 0 saturated carbocycles. The van der Waals surface area contributed by atoms with E-state index in [0.29, 0.717) is 11.8 Å². The number of carbonyl (C=O) groups excluding carboxylic acids is 1. The summed E-state index contributed by atoms with van der Waals surface area (Å²) in [5.74, 6) is 1.21. The van der Waals surface area contributed by atoms with E-state index < -0.39 is 6.67 Å². The molecule has 2 aliphatic heterocycles. The van der Waals surface area contributed by atoms with Gasteiger partial charge in [0.2, 0.25) is 5.91 Å². The Morgan fingerprint density at radius 1 is 1.38 bits per heavy atom. The van der Waals surface area contributed by atoms with Crippen molar-refractivity contribution in [3.63, 3.8) is 0 Å². The van der Waals surface area contributed by atoms with Crippen LogP contribution in [0.2, 0.25) is 0 Å². The number of nitrogens with one attached hydrogen (secondary N) is 1. The smallest absolute Gasteiger partial charge is 0.225 e. The molecule has 0 aromatic rings.